The van der Waals surface area contributed by atoms with Gasteiger partial charge in [-0.15, -0.1) is 0 Å². The monoisotopic (exact) mass is 348 g/mol. The number of morpholine rings is 1. The van der Waals surface area contributed by atoms with E-state index in [4.69, 9.17) is 14.5 Å². The smallest absolute Gasteiger partial charge is 0.191 e. The van der Waals surface area contributed by atoms with Crippen LogP contribution in [0.5, 0.6) is 0 Å². The van der Waals surface area contributed by atoms with Gasteiger partial charge in [0.15, 0.2) is 5.96 Å². The highest BCUT2D eigenvalue weighted by atomic mass is 16.5. The molecule has 25 heavy (non-hydrogen) atoms. The Bertz CT molecular complexity index is 489. The predicted octanol–water partition coefficient (Wildman–Crippen LogP) is 1.65. The average Bonchev–Trinajstić information content (AvgIpc) is 2.67. The molecular weight excluding hydrogens is 316 g/mol. The van der Waals surface area contributed by atoms with Crippen molar-refractivity contribution >= 4 is 5.96 Å². The fraction of sp³-hybridized carbons (Fsp3) is 0.632. The van der Waals surface area contributed by atoms with Crippen molar-refractivity contribution in [3.05, 3.63) is 35.9 Å². The lowest BCUT2D eigenvalue weighted by atomic mass is 10.1. The molecule has 1 aliphatic rings. The number of hydrogen-bond acceptors (Lipinski definition) is 4. The number of nitrogens with zero attached hydrogens (tertiary/aromatic N) is 2. The molecule has 0 saturated carbocycles. The fourth-order valence-corrected chi connectivity index (χ4v) is 2.90. The Kier molecular flexibility index (Phi) is 9.33. The molecule has 0 radical (unpaired) electrons. The van der Waals surface area contributed by atoms with Crippen LogP contribution in [0.4, 0.5) is 0 Å². The molecule has 6 heteroatoms. The second-order valence-electron chi connectivity index (χ2n) is 5.92. The van der Waals surface area contributed by atoms with Crippen LogP contribution in [0.15, 0.2) is 35.3 Å². The van der Waals surface area contributed by atoms with E-state index < -0.39 is 0 Å². The molecule has 0 bridgehead atoms. The molecule has 1 aromatic rings. The maximum absolute atomic E-state index is 5.51. The van der Waals surface area contributed by atoms with Crippen molar-refractivity contribution in [2.45, 2.75) is 19.9 Å². The summed E-state index contributed by atoms with van der Waals surface area (Å²) in [7, 11) is 0. The van der Waals surface area contributed by atoms with Crippen LogP contribution in [0.2, 0.25) is 0 Å². The van der Waals surface area contributed by atoms with Gasteiger partial charge in [-0.1, -0.05) is 30.3 Å². The van der Waals surface area contributed by atoms with Gasteiger partial charge < -0.3 is 20.1 Å². The van der Waals surface area contributed by atoms with E-state index in [0.29, 0.717) is 13.2 Å². The lowest BCUT2D eigenvalue weighted by Gasteiger charge is -2.34. The first-order valence-electron chi connectivity index (χ1n) is 9.31. The zero-order chi connectivity index (χ0) is 17.7. The fourth-order valence-electron chi connectivity index (χ4n) is 2.90. The van der Waals surface area contributed by atoms with E-state index in [1.807, 2.05) is 6.92 Å². The van der Waals surface area contributed by atoms with E-state index in [2.05, 4.69) is 52.8 Å². The van der Waals surface area contributed by atoms with Crippen LogP contribution in [0, 0.1) is 0 Å². The summed E-state index contributed by atoms with van der Waals surface area (Å²) in [6.45, 7) is 11.3. The third-order valence-electron chi connectivity index (χ3n) is 4.18. The molecule has 1 unspecified atom stereocenters. The van der Waals surface area contributed by atoms with Gasteiger partial charge in [-0.25, -0.2) is 0 Å². The molecule has 6 nitrogen and oxygen atoms in total. The van der Waals surface area contributed by atoms with E-state index in [0.717, 1.165) is 52.0 Å². The van der Waals surface area contributed by atoms with Gasteiger partial charge in [0.25, 0.3) is 0 Å². The molecule has 1 aromatic carbocycles. The molecule has 2 rings (SSSR count). The molecule has 1 saturated heterocycles. The van der Waals surface area contributed by atoms with Crippen LogP contribution in [-0.2, 0) is 9.47 Å². The summed E-state index contributed by atoms with van der Waals surface area (Å²) in [5.41, 5.74) is 1.30. The summed E-state index contributed by atoms with van der Waals surface area (Å²) in [6.07, 6.45) is 0. The highest BCUT2D eigenvalue weighted by molar-refractivity contribution is 5.79. The normalized spacial score (nSPS) is 17.3. The molecule has 1 atom stereocenters. The zero-order valence-electron chi connectivity index (χ0n) is 15.5. The first kappa shape index (κ1) is 19.7. The van der Waals surface area contributed by atoms with Crippen LogP contribution in [-0.4, -0.2) is 70.0 Å². The number of hydrogen-bond donors (Lipinski definition) is 2. The van der Waals surface area contributed by atoms with E-state index in [1.165, 1.54) is 5.56 Å². The van der Waals surface area contributed by atoms with Crippen molar-refractivity contribution in [2.24, 2.45) is 4.99 Å². The maximum atomic E-state index is 5.51. The third-order valence-corrected chi connectivity index (χ3v) is 4.18. The summed E-state index contributed by atoms with van der Waals surface area (Å²) in [5.74, 6) is 0.844. The van der Waals surface area contributed by atoms with Crippen molar-refractivity contribution < 1.29 is 9.47 Å². The first-order valence-corrected chi connectivity index (χ1v) is 9.31. The molecular formula is C19H32N4O2. The van der Waals surface area contributed by atoms with Crippen LogP contribution >= 0.6 is 0 Å². The molecule has 0 aliphatic carbocycles. The third kappa shape index (κ3) is 7.02. The minimum Gasteiger partial charge on any atom is -0.380 e. The van der Waals surface area contributed by atoms with Crippen LogP contribution in [0.3, 0.4) is 0 Å². The molecule has 140 valence electrons. The second kappa shape index (κ2) is 11.8. The first-order chi connectivity index (χ1) is 12.3. The van der Waals surface area contributed by atoms with Gasteiger partial charge in [0.1, 0.15) is 0 Å². The Morgan fingerprint density at radius 3 is 2.64 bits per heavy atom. The standard InChI is InChI=1S/C19H32N4O2/c1-3-20-19(21-10-13-24-4-2)22-16-18(17-8-6-5-7-9-17)23-11-14-25-15-12-23/h5-9,18H,3-4,10-16H2,1-2H3,(H2,20,21,22). The summed E-state index contributed by atoms with van der Waals surface area (Å²) >= 11 is 0. The van der Waals surface area contributed by atoms with E-state index in [1.54, 1.807) is 0 Å². The van der Waals surface area contributed by atoms with Crippen molar-refractivity contribution in [1.82, 2.24) is 15.5 Å². The molecule has 1 heterocycles. The van der Waals surface area contributed by atoms with E-state index in [9.17, 15) is 0 Å². The number of guanidine groups is 1. The topological polar surface area (TPSA) is 58.1 Å². The van der Waals surface area contributed by atoms with Crippen LogP contribution < -0.4 is 10.6 Å². The number of rotatable bonds is 9. The zero-order valence-corrected chi connectivity index (χ0v) is 15.5. The van der Waals surface area contributed by atoms with E-state index in [-0.39, 0.29) is 6.04 Å². The lowest BCUT2D eigenvalue weighted by Crippen LogP contribution is -2.42. The van der Waals surface area contributed by atoms with Gasteiger partial charge in [0.2, 0.25) is 0 Å². The van der Waals surface area contributed by atoms with Crippen LogP contribution in [0.1, 0.15) is 25.5 Å². The Balaban J connectivity index is 2.02. The second-order valence-corrected chi connectivity index (χ2v) is 5.92. The molecule has 1 fully saturated rings. The summed E-state index contributed by atoms with van der Waals surface area (Å²) in [5, 5.41) is 6.65. The quantitative estimate of drug-likeness (QED) is 0.404. The molecule has 0 amide bonds. The Hall–Kier alpha value is -1.63. The molecule has 2 N–H and O–H groups in total. The minimum atomic E-state index is 0.271. The lowest BCUT2D eigenvalue weighted by molar-refractivity contribution is 0.0179. The van der Waals surface area contributed by atoms with Gasteiger partial charge in [-0.2, -0.15) is 0 Å². The van der Waals surface area contributed by atoms with Gasteiger partial charge in [-0.05, 0) is 19.4 Å². The number of nitrogens with one attached hydrogen (secondary N) is 2. The SMILES string of the molecule is CCNC(=NCC(c1ccccc1)N1CCOCC1)NCCOCC. The number of benzene rings is 1. The average molecular weight is 348 g/mol. The highest BCUT2D eigenvalue weighted by Gasteiger charge is 2.22. The van der Waals surface area contributed by atoms with Crippen molar-refractivity contribution in [2.75, 3.05) is 59.2 Å². The Morgan fingerprint density at radius 2 is 1.96 bits per heavy atom. The van der Waals surface area contributed by atoms with Gasteiger partial charge in [0, 0.05) is 32.8 Å². The van der Waals surface area contributed by atoms with Crippen molar-refractivity contribution in [3.63, 3.8) is 0 Å². The molecule has 0 spiro atoms. The summed E-state index contributed by atoms with van der Waals surface area (Å²) < 4.78 is 10.9. The molecule has 0 aromatic heterocycles. The van der Waals surface area contributed by atoms with Crippen molar-refractivity contribution in [3.8, 4) is 0 Å². The van der Waals surface area contributed by atoms with Crippen molar-refractivity contribution in [1.29, 1.82) is 0 Å². The maximum Gasteiger partial charge on any atom is 0.191 e. The predicted molar refractivity (Wildman–Crippen MR) is 102 cm³/mol. The number of aliphatic imine (C=N–C) groups is 1. The Labute approximate surface area is 151 Å². The number of ether oxygens (including phenoxy) is 2. The van der Waals surface area contributed by atoms with Gasteiger partial charge in [0.05, 0.1) is 32.4 Å². The van der Waals surface area contributed by atoms with Gasteiger partial charge >= 0.3 is 0 Å². The van der Waals surface area contributed by atoms with Crippen LogP contribution in [0.25, 0.3) is 0 Å². The van der Waals surface area contributed by atoms with Gasteiger partial charge in [-0.3, -0.25) is 9.89 Å². The van der Waals surface area contributed by atoms with E-state index >= 15 is 0 Å². The largest absolute Gasteiger partial charge is 0.380 e. The Morgan fingerprint density at radius 1 is 1.20 bits per heavy atom. The highest BCUT2D eigenvalue weighted by Crippen LogP contribution is 2.22. The minimum absolute atomic E-state index is 0.271. The summed E-state index contributed by atoms with van der Waals surface area (Å²) in [4.78, 5) is 7.28. The summed E-state index contributed by atoms with van der Waals surface area (Å²) in [6, 6.07) is 10.9. The molecule has 1 aliphatic heterocycles.